The summed E-state index contributed by atoms with van der Waals surface area (Å²) >= 11 is 0. The van der Waals surface area contributed by atoms with Crippen molar-refractivity contribution in [3.63, 3.8) is 0 Å². The van der Waals surface area contributed by atoms with Crippen LogP contribution < -0.4 is 5.32 Å². The Kier molecular flexibility index (Phi) is 12.6. The maximum atomic E-state index is 13.0. The molecular weight excluding hydrogens is 476 g/mol. The first kappa shape index (κ1) is 29.7. The van der Waals surface area contributed by atoms with Gasteiger partial charge in [-0.1, -0.05) is 103 Å². The number of aliphatic carboxylic acids is 1. The van der Waals surface area contributed by atoms with E-state index < -0.39 is 5.97 Å². The van der Waals surface area contributed by atoms with E-state index in [1.54, 1.807) is 12.1 Å². The Labute approximate surface area is 228 Å². The number of rotatable bonds is 20. The molecule has 0 saturated carbocycles. The van der Waals surface area contributed by atoms with Gasteiger partial charge < -0.3 is 10.4 Å². The number of amides is 2. The number of anilines is 1. The normalized spacial score (nSPS) is 12.9. The number of unbranched alkanes of at least 4 members (excludes halogenated alkanes) is 13. The average Bonchev–Trinajstić information content (AvgIpc) is 2.91. The lowest BCUT2D eigenvalue weighted by atomic mass is 9.93. The molecule has 0 saturated heterocycles. The van der Waals surface area contributed by atoms with Crippen molar-refractivity contribution in [3.05, 3.63) is 41.5 Å². The summed E-state index contributed by atoms with van der Waals surface area (Å²) in [5.41, 5.74) is 1.96. The highest BCUT2D eigenvalue weighted by atomic mass is 16.4. The summed E-state index contributed by atoms with van der Waals surface area (Å²) in [6, 6.07) is 9.27. The zero-order chi connectivity index (χ0) is 27.2. The van der Waals surface area contributed by atoms with Gasteiger partial charge in [-0.25, -0.2) is 0 Å². The molecule has 0 fully saturated rings. The zero-order valence-electron chi connectivity index (χ0n) is 23.2. The molecule has 2 amide bonds. The molecule has 0 aromatic heterocycles. The van der Waals surface area contributed by atoms with Crippen LogP contribution in [0.15, 0.2) is 30.3 Å². The molecule has 1 aliphatic rings. The topological polar surface area (TPSA) is 86.7 Å². The van der Waals surface area contributed by atoms with Gasteiger partial charge in [-0.3, -0.25) is 19.3 Å². The smallest absolute Gasteiger partial charge is 0.303 e. The number of hydrogen-bond acceptors (Lipinski definition) is 4. The van der Waals surface area contributed by atoms with Gasteiger partial charge in [0, 0.05) is 47.1 Å². The first-order valence-electron chi connectivity index (χ1n) is 14.9. The number of carboxylic acid groups (broad SMARTS) is 1. The van der Waals surface area contributed by atoms with Crippen molar-refractivity contribution in [1.82, 2.24) is 4.90 Å². The lowest BCUT2D eigenvalue weighted by Gasteiger charge is -2.27. The molecule has 0 unspecified atom stereocenters. The molecule has 0 radical (unpaired) electrons. The van der Waals surface area contributed by atoms with Crippen LogP contribution in [0.1, 0.15) is 130 Å². The number of carboxylic acids is 1. The molecule has 0 bridgehead atoms. The Balaban J connectivity index is 1.38. The zero-order valence-corrected chi connectivity index (χ0v) is 23.2. The van der Waals surface area contributed by atoms with Gasteiger partial charge >= 0.3 is 5.97 Å². The van der Waals surface area contributed by atoms with Crippen LogP contribution in [0.4, 0.5) is 5.69 Å². The Morgan fingerprint density at radius 3 is 1.87 bits per heavy atom. The minimum absolute atomic E-state index is 0.0732. The molecule has 2 aromatic rings. The number of hydrogen-bond donors (Lipinski definition) is 2. The quantitative estimate of drug-likeness (QED) is 0.135. The lowest BCUT2D eigenvalue weighted by Crippen LogP contribution is -2.41. The van der Waals surface area contributed by atoms with Gasteiger partial charge in [-0.15, -0.1) is 0 Å². The largest absolute Gasteiger partial charge is 0.481 e. The minimum atomic E-state index is -0.932. The maximum Gasteiger partial charge on any atom is 0.303 e. The van der Waals surface area contributed by atoms with Crippen LogP contribution in [0.3, 0.4) is 0 Å². The monoisotopic (exact) mass is 522 g/mol. The summed E-state index contributed by atoms with van der Waals surface area (Å²) in [4.78, 5) is 38.1. The van der Waals surface area contributed by atoms with Crippen molar-refractivity contribution in [3.8, 4) is 0 Å². The molecule has 3 rings (SSSR count). The van der Waals surface area contributed by atoms with Gasteiger partial charge in [0.1, 0.15) is 0 Å². The van der Waals surface area contributed by atoms with Crippen molar-refractivity contribution in [2.75, 3.05) is 18.4 Å². The molecular formula is C32H46N2O4. The van der Waals surface area contributed by atoms with Gasteiger partial charge in [0.15, 0.2) is 0 Å². The number of imide groups is 1. The molecule has 0 spiro atoms. The van der Waals surface area contributed by atoms with Crippen molar-refractivity contribution < 1.29 is 19.5 Å². The van der Waals surface area contributed by atoms with E-state index in [9.17, 15) is 14.4 Å². The molecule has 38 heavy (non-hydrogen) atoms. The second-order valence-corrected chi connectivity index (χ2v) is 10.7. The van der Waals surface area contributed by atoms with Crippen LogP contribution in [-0.2, 0) is 4.79 Å². The summed E-state index contributed by atoms with van der Waals surface area (Å²) in [7, 11) is 0. The Bertz CT molecular complexity index is 1040. The number of benzene rings is 2. The van der Waals surface area contributed by atoms with Gasteiger partial charge in [0.05, 0.1) is 0 Å². The Hall–Kier alpha value is -2.89. The maximum absolute atomic E-state index is 13.0. The SMILES string of the molecule is CCCCCCCCCCCCCCCCNc1ccc2c3c(cccc13)C(=O)N(CCCC(=O)O)C2=O. The molecule has 1 heterocycles. The Morgan fingerprint density at radius 1 is 0.737 bits per heavy atom. The summed E-state index contributed by atoms with van der Waals surface area (Å²) in [6.45, 7) is 3.24. The molecule has 0 atom stereocenters. The third-order valence-electron chi connectivity index (χ3n) is 7.61. The van der Waals surface area contributed by atoms with Gasteiger partial charge in [0.2, 0.25) is 0 Å². The fraction of sp³-hybridized carbons (Fsp3) is 0.594. The summed E-state index contributed by atoms with van der Waals surface area (Å²) < 4.78 is 0. The highest BCUT2D eigenvalue weighted by Crippen LogP contribution is 2.34. The second kappa shape index (κ2) is 16.2. The van der Waals surface area contributed by atoms with Gasteiger partial charge in [-0.2, -0.15) is 0 Å². The van der Waals surface area contributed by atoms with Crippen LogP contribution >= 0.6 is 0 Å². The number of carbonyl (C=O) groups excluding carboxylic acids is 2. The number of nitrogens with one attached hydrogen (secondary N) is 1. The first-order valence-corrected chi connectivity index (χ1v) is 14.9. The fourth-order valence-electron chi connectivity index (χ4n) is 5.43. The predicted molar refractivity (Wildman–Crippen MR) is 155 cm³/mol. The van der Waals surface area contributed by atoms with E-state index in [-0.39, 0.29) is 31.2 Å². The van der Waals surface area contributed by atoms with Crippen LogP contribution in [0.5, 0.6) is 0 Å². The molecule has 0 aliphatic carbocycles. The van der Waals surface area contributed by atoms with E-state index in [2.05, 4.69) is 12.2 Å². The number of nitrogens with zero attached hydrogens (tertiary/aromatic N) is 1. The van der Waals surface area contributed by atoms with Crippen molar-refractivity contribution >= 4 is 34.2 Å². The summed E-state index contributed by atoms with van der Waals surface area (Å²) in [5.74, 6) is -1.62. The van der Waals surface area contributed by atoms with Crippen LogP contribution in [0.2, 0.25) is 0 Å². The van der Waals surface area contributed by atoms with Crippen molar-refractivity contribution in [1.29, 1.82) is 0 Å². The lowest BCUT2D eigenvalue weighted by molar-refractivity contribution is -0.137. The molecule has 6 nitrogen and oxygen atoms in total. The highest BCUT2D eigenvalue weighted by Gasteiger charge is 2.33. The standard InChI is InChI=1S/C32H46N2O4/c1-2-3-4-5-6-7-8-9-10-11-12-13-14-15-23-33-28-22-21-27-30-25(28)18-16-19-26(30)31(37)34(32(27)38)24-17-20-29(35)36/h16,18-19,21-22,33H,2-15,17,20,23-24H2,1H3,(H,35,36). The van der Waals surface area contributed by atoms with E-state index in [0.29, 0.717) is 16.5 Å². The van der Waals surface area contributed by atoms with Crippen LogP contribution in [0, 0.1) is 0 Å². The Morgan fingerprint density at radius 2 is 1.29 bits per heavy atom. The van der Waals surface area contributed by atoms with Gasteiger partial charge in [-0.05, 0) is 31.0 Å². The van der Waals surface area contributed by atoms with Crippen molar-refractivity contribution in [2.45, 2.75) is 110 Å². The third-order valence-corrected chi connectivity index (χ3v) is 7.61. The van der Waals surface area contributed by atoms with E-state index >= 15 is 0 Å². The highest BCUT2D eigenvalue weighted by molar-refractivity contribution is 6.26. The summed E-state index contributed by atoms with van der Waals surface area (Å²) in [6.07, 6.45) is 18.9. The minimum Gasteiger partial charge on any atom is -0.481 e. The van der Waals surface area contributed by atoms with E-state index in [1.165, 1.54) is 88.4 Å². The second-order valence-electron chi connectivity index (χ2n) is 10.7. The molecule has 1 aliphatic heterocycles. The van der Waals surface area contributed by atoms with Gasteiger partial charge in [0.25, 0.3) is 11.8 Å². The van der Waals surface area contributed by atoms with Crippen molar-refractivity contribution in [2.24, 2.45) is 0 Å². The molecule has 6 heteroatoms. The summed E-state index contributed by atoms with van der Waals surface area (Å²) in [5, 5.41) is 14.0. The predicted octanol–water partition coefficient (Wildman–Crippen LogP) is 8.19. The first-order chi connectivity index (χ1) is 18.5. The van der Waals surface area contributed by atoms with Crippen LogP contribution in [0.25, 0.3) is 10.8 Å². The van der Waals surface area contributed by atoms with E-state index in [1.807, 2.05) is 18.2 Å². The molecule has 2 N–H and O–H groups in total. The fourth-order valence-corrected chi connectivity index (χ4v) is 5.43. The average molecular weight is 523 g/mol. The van der Waals surface area contributed by atoms with E-state index in [4.69, 9.17) is 5.11 Å². The molecule has 208 valence electrons. The third kappa shape index (κ3) is 8.57. The van der Waals surface area contributed by atoms with E-state index in [0.717, 1.165) is 24.0 Å². The number of carbonyl (C=O) groups is 3. The molecule has 2 aromatic carbocycles. The van der Waals surface area contributed by atoms with Crippen LogP contribution in [-0.4, -0.2) is 40.9 Å².